The summed E-state index contributed by atoms with van der Waals surface area (Å²) in [4.78, 5) is 28.7. The molecule has 1 heterocycles. The van der Waals surface area contributed by atoms with Crippen LogP contribution in [0.25, 0.3) is 0 Å². The third-order valence-electron chi connectivity index (χ3n) is 5.99. The van der Waals surface area contributed by atoms with E-state index in [1.807, 2.05) is 53.4 Å². The number of carbonyl (C=O) groups excluding carboxylic acids is 2. The maximum atomic E-state index is 13.6. The Labute approximate surface area is 193 Å². The van der Waals surface area contributed by atoms with E-state index in [0.29, 0.717) is 29.0 Å². The fourth-order valence-corrected chi connectivity index (χ4v) is 4.96. The van der Waals surface area contributed by atoms with Gasteiger partial charge in [-0.05, 0) is 42.5 Å². The molecule has 4 rings (SSSR count). The number of allylic oxidation sites excluding steroid dienone is 2. The van der Waals surface area contributed by atoms with E-state index in [1.165, 1.54) is 0 Å². The highest BCUT2D eigenvalue weighted by Crippen LogP contribution is 2.51. The number of ketones is 1. The third kappa shape index (κ3) is 3.82. The van der Waals surface area contributed by atoms with Crippen LogP contribution in [-0.4, -0.2) is 18.4 Å². The van der Waals surface area contributed by atoms with Gasteiger partial charge >= 0.3 is 5.97 Å². The van der Waals surface area contributed by atoms with Gasteiger partial charge in [-0.2, -0.15) is 0 Å². The first-order chi connectivity index (χ1) is 15.2. The smallest absolute Gasteiger partial charge is 0.338 e. The van der Waals surface area contributed by atoms with Gasteiger partial charge in [0.05, 0.1) is 18.1 Å². The molecule has 1 aliphatic heterocycles. The molecule has 0 aromatic heterocycles. The lowest BCUT2D eigenvalue weighted by Crippen LogP contribution is -2.43. The van der Waals surface area contributed by atoms with Gasteiger partial charge < -0.3 is 10.5 Å². The number of para-hydroxylation sites is 1. The van der Waals surface area contributed by atoms with Crippen LogP contribution in [0.1, 0.15) is 45.1 Å². The van der Waals surface area contributed by atoms with Crippen molar-refractivity contribution in [2.75, 3.05) is 11.5 Å². The van der Waals surface area contributed by atoms with Gasteiger partial charge in [0.1, 0.15) is 5.82 Å². The minimum Gasteiger partial charge on any atom is -0.463 e. The molecule has 2 N–H and O–H groups in total. The van der Waals surface area contributed by atoms with Crippen LogP contribution in [0.3, 0.4) is 0 Å². The number of nitrogens with zero attached hydrogens (tertiary/aromatic N) is 1. The van der Waals surface area contributed by atoms with Crippen molar-refractivity contribution in [2.24, 2.45) is 11.1 Å². The lowest BCUT2D eigenvalue weighted by molar-refractivity contribution is -0.138. The molecule has 0 radical (unpaired) electrons. The summed E-state index contributed by atoms with van der Waals surface area (Å²) in [7, 11) is 0. The number of esters is 1. The van der Waals surface area contributed by atoms with Crippen LogP contribution in [0.5, 0.6) is 0 Å². The normalized spacial score (nSPS) is 20.3. The summed E-state index contributed by atoms with van der Waals surface area (Å²) in [6.07, 6.45) is 1.02. The summed E-state index contributed by atoms with van der Waals surface area (Å²) in [5, 5.41) is 0.477. The molecule has 0 bridgehead atoms. The molecule has 0 amide bonds. The molecule has 166 valence electrons. The minimum atomic E-state index is -0.679. The maximum Gasteiger partial charge on any atom is 0.338 e. The van der Waals surface area contributed by atoms with Crippen molar-refractivity contribution in [3.05, 3.63) is 87.8 Å². The lowest BCUT2D eigenvalue weighted by Gasteiger charge is -2.44. The number of anilines is 1. The molecule has 1 aliphatic carbocycles. The Kier molecular flexibility index (Phi) is 5.87. The molecule has 6 heteroatoms. The van der Waals surface area contributed by atoms with Crippen molar-refractivity contribution in [1.29, 1.82) is 0 Å². The first-order valence-electron chi connectivity index (χ1n) is 10.8. The number of halogens is 1. The molecule has 2 aromatic carbocycles. The molecule has 1 unspecified atom stereocenters. The SMILES string of the molecule is CCOC(=O)C1=C(N)N(c2ccccc2)C2=C(C(=O)CC(C)(C)C2)C1c1ccccc1Cl. The number of rotatable bonds is 4. The zero-order valence-corrected chi connectivity index (χ0v) is 19.3. The van der Waals surface area contributed by atoms with E-state index in [2.05, 4.69) is 13.8 Å². The van der Waals surface area contributed by atoms with Gasteiger partial charge in [0, 0.05) is 28.4 Å². The van der Waals surface area contributed by atoms with Crippen molar-refractivity contribution in [2.45, 2.75) is 39.5 Å². The average Bonchev–Trinajstić information content (AvgIpc) is 2.73. The minimum absolute atomic E-state index is 0.00333. The Morgan fingerprint density at radius 3 is 2.44 bits per heavy atom. The Balaban J connectivity index is 2.04. The third-order valence-corrected chi connectivity index (χ3v) is 6.33. The Bertz CT molecular complexity index is 1130. The highest BCUT2D eigenvalue weighted by molar-refractivity contribution is 6.31. The standard InChI is InChI=1S/C26H27ClN2O3/c1-4-32-25(31)23-21(17-12-8-9-13-18(17)27)22-19(14-26(2,3)15-20(22)30)29(24(23)28)16-10-6-5-7-11-16/h5-13,21H,4,14-15,28H2,1-3H3. The molecule has 2 aliphatic rings. The van der Waals surface area contributed by atoms with Crippen molar-refractivity contribution < 1.29 is 14.3 Å². The molecule has 0 fully saturated rings. The highest BCUT2D eigenvalue weighted by atomic mass is 35.5. The number of Topliss-reactive ketones (excluding diaryl/α,β-unsaturated/α-hetero) is 1. The average molecular weight is 451 g/mol. The van der Waals surface area contributed by atoms with E-state index >= 15 is 0 Å². The second-order valence-electron chi connectivity index (χ2n) is 8.95. The summed E-state index contributed by atoms with van der Waals surface area (Å²) >= 11 is 6.58. The maximum absolute atomic E-state index is 13.6. The molecule has 2 aromatic rings. The Morgan fingerprint density at radius 1 is 1.12 bits per heavy atom. The molecule has 0 saturated carbocycles. The van der Waals surface area contributed by atoms with Gasteiger partial charge in [0.2, 0.25) is 0 Å². The predicted octanol–water partition coefficient (Wildman–Crippen LogP) is 5.32. The lowest BCUT2D eigenvalue weighted by atomic mass is 9.68. The van der Waals surface area contributed by atoms with Crippen LogP contribution in [-0.2, 0) is 14.3 Å². The van der Waals surface area contributed by atoms with E-state index in [1.54, 1.807) is 13.0 Å². The summed E-state index contributed by atoms with van der Waals surface area (Å²) in [5.41, 5.74) is 9.58. The van der Waals surface area contributed by atoms with Crippen LogP contribution >= 0.6 is 11.6 Å². The van der Waals surface area contributed by atoms with Gasteiger partial charge in [-0.25, -0.2) is 4.79 Å². The van der Waals surface area contributed by atoms with E-state index in [9.17, 15) is 9.59 Å². The van der Waals surface area contributed by atoms with Gasteiger partial charge in [-0.1, -0.05) is 61.8 Å². The van der Waals surface area contributed by atoms with Gasteiger partial charge in [0.15, 0.2) is 5.78 Å². The monoisotopic (exact) mass is 450 g/mol. The van der Waals surface area contributed by atoms with Crippen molar-refractivity contribution in [3.8, 4) is 0 Å². The summed E-state index contributed by atoms with van der Waals surface area (Å²) in [6.45, 7) is 6.09. The topological polar surface area (TPSA) is 72.6 Å². The predicted molar refractivity (Wildman–Crippen MR) is 126 cm³/mol. The molecular formula is C26H27ClN2O3. The van der Waals surface area contributed by atoms with Crippen LogP contribution in [0, 0.1) is 5.41 Å². The van der Waals surface area contributed by atoms with Crippen molar-refractivity contribution in [3.63, 3.8) is 0 Å². The van der Waals surface area contributed by atoms with Gasteiger partial charge in [-0.15, -0.1) is 0 Å². The Hall–Kier alpha value is -3.05. The second kappa shape index (κ2) is 8.47. The van der Waals surface area contributed by atoms with Crippen LogP contribution in [0.2, 0.25) is 5.02 Å². The first-order valence-corrected chi connectivity index (χ1v) is 11.2. The molecule has 0 spiro atoms. The Morgan fingerprint density at radius 2 is 1.78 bits per heavy atom. The first kappa shape index (κ1) is 22.2. The van der Waals surface area contributed by atoms with Gasteiger partial charge in [-0.3, -0.25) is 9.69 Å². The number of ether oxygens (including phenoxy) is 1. The fraction of sp³-hybridized carbons (Fsp3) is 0.308. The molecule has 0 saturated heterocycles. The zero-order valence-electron chi connectivity index (χ0n) is 18.5. The largest absolute Gasteiger partial charge is 0.463 e. The number of nitrogens with two attached hydrogens (primary N) is 1. The fourth-order valence-electron chi connectivity index (χ4n) is 4.71. The number of hydrogen-bond acceptors (Lipinski definition) is 5. The van der Waals surface area contributed by atoms with Gasteiger partial charge in [0.25, 0.3) is 0 Å². The quantitative estimate of drug-likeness (QED) is 0.638. The molecule has 1 atom stereocenters. The highest BCUT2D eigenvalue weighted by Gasteiger charge is 2.47. The second-order valence-corrected chi connectivity index (χ2v) is 9.35. The van der Waals surface area contributed by atoms with E-state index in [0.717, 1.165) is 11.4 Å². The summed E-state index contributed by atoms with van der Waals surface area (Å²) < 4.78 is 5.40. The van der Waals surface area contributed by atoms with Crippen molar-refractivity contribution in [1.82, 2.24) is 0 Å². The number of hydrogen-bond donors (Lipinski definition) is 1. The molecular weight excluding hydrogens is 424 g/mol. The zero-order chi connectivity index (χ0) is 23.0. The molecule has 5 nitrogen and oxygen atoms in total. The van der Waals surface area contributed by atoms with E-state index < -0.39 is 11.9 Å². The van der Waals surface area contributed by atoms with E-state index in [-0.39, 0.29) is 29.2 Å². The molecule has 32 heavy (non-hydrogen) atoms. The van der Waals surface area contributed by atoms with Crippen molar-refractivity contribution >= 4 is 29.0 Å². The van der Waals surface area contributed by atoms with Crippen LogP contribution < -0.4 is 10.6 Å². The van der Waals surface area contributed by atoms with Crippen LogP contribution in [0.15, 0.2) is 77.3 Å². The number of benzene rings is 2. The van der Waals surface area contributed by atoms with E-state index in [4.69, 9.17) is 22.1 Å². The summed E-state index contributed by atoms with van der Waals surface area (Å²) in [6, 6.07) is 16.8. The van der Waals surface area contributed by atoms with Crippen LogP contribution in [0.4, 0.5) is 5.69 Å². The number of carbonyl (C=O) groups is 2. The summed E-state index contributed by atoms with van der Waals surface area (Å²) in [5.74, 6) is -0.957.